The Morgan fingerprint density at radius 3 is 2.18 bits per heavy atom. The molecule has 64 valence electrons. The van der Waals surface area contributed by atoms with E-state index in [2.05, 4.69) is 4.90 Å². The maximum absolute atomic E-state index is 2.67. The van der Waals surface area contributed by atoms with Gasteiger partial charge in [-0.3, -0.25) is 0 Å². The molecular weight excluding hydrogens is 134 g/mol. The Kier molecular flexibility index (Phi) is 2.47. The van der Waals surface area contributed by atoms with Gasteiger partial charge in [0, 0.05) is 6.54 Å². The minimum Gasteiger partial charge on any atom is -0.303 e. The van der Waals surface area contributed by atoms with Gasteiger partial charge in [0.1, 0.15) is 0 Å². The summed E-state index contributed by atoms with van der Waals surface area (Å²) in [5, 5.41) is 0. The van der Waals surface area contributed by atoms with Crippen LogP contribution in [0.1, 0.15) is 38.5 Å². The molecule has 11 heavy (non-hydrogen) atoms. The third-order valence-electron chi connectivity index (χ3n) is 3.19. The SMILES string of the molecule is C1CCN(CC2CCC2)CC1. The Hall–Kier alpha value is -0.0400. The fourth-order valence-corrected chi connectivity index (χ4v) is 2.18. The summed E-state index contributed by atoms with van der Waals surface area (Å²) in [6.45, 7) is 4.19. The van der Waals surface area contributed by atoms with Gasteiger partial charge in [0.2, 0.25) is 0 Å². The highest BCUT2D eigenvalue weighted by Gasteiger charge is 2.21. The first-order valence-electron chi connectivity index (χ1n) is 5.17. The van der Waals surface area contributed by atoms with Gasteiger partial charge in [0.25, 0.3) is 0 Å². The van der Waals surface area contributed by atoms with Gasteiger partial charge in [-0.25, -0.2) is 0 Å². The summed E-state index contributed by atoms with van der Waals surface area (Å²) in [6, 6.07) is 0. The topological polar surface area (TPSA) is 3.24 Å². The van der Waals surface area contributed by atoms with Gasteiger partial charge in [-0.2, -0.15) is 0 Å². The molecule has 1 saturated heterocycles. The van der Waals surface area contributed by atoms with Gasteiger partial charge >= 0.3 is 0 Å². The number of likely N-dealkylation sites (tertiary alicyclic amines) is 1. The lowest BCUT2D eigenvalue weighted by Crippen LogP contribution is -2.36. The van der Waals surface area contributed by atoms with Crippen molar-refractivity contribution in [1.29, 1.82) is 0 Å². The molecule has 0 aromatic heterocycles. The summed E-state index contributed by atoms with van der Waals surface area (Å²) in [5.74, 6) is 1.08. The Bertz CT molecular complexity index is 112. The van der Waals surface area contributed by atoms with Crippen LogP contribution < -0.4 is 0 Å². The Labute approximate surface area is 69.8 Å². The van der Waals surface area contributed by atoms with Crippen LogP contribution in [0.15, 0.2) is 0 Å². The van der Waals surface area contributed by atoms with Gasteiger partial charge < -0.3 is 4.90 Å². The lowest BCUT2D eigenvalue weighted by molar-refractivity contribution is 0.155. The van der Waals surface area contributed by atoms with E-state index in [0.29, 0.717) is 0 Å². The van der Waals surface area contributed by atoms with Gasteiger partial charge in [-0.15, -0.1) is 0 Å². The smallest absolute Gasteiger partial charge is 0.000965 e. The minimum absolute atomic E-state index is 1.08. The molecule has 1 nitrogen and oxygen atoms in total. The maximum atomic E-state index is 2.67. The van der Waals surface area contributed by atoms with Gasteiger partial charge in [-0.1, -0.05) is 12.8 Å². The van der Waals surface area contributed by atoms with Crippen molar-refractivity contribution in [1.82, 2.24) is 4.90 Å². The monoisotopic (exact) mass is 153 g/mol. The maximum Gasteiger partial charge on any atom is 0.000965 e. The van der Waals surface area contributed by atoms with Crippen molar-refractivity contribution in [2.75, 3.05) is 19.6 Å². The van der Waals surface area contributed by atoms with Crippen molar-refractivity contribution in [3.63, 3.8) is 0 Å². The summed E-state index contributed by atoms with van der Waals surface area (Å²) < 4.78 is 0. The normalized spacial score (nSPS) is 28.4. The second-order valence-electron chi connectivity index (χ2n) is 4.16. The van der Waals surface area contributed by atoms with Crippen LogP contribution in [0.5, 0.6) is 0 Å². The number of hydrogen-bond acceptors (Lipinski definition) is 1. The van der Waals surface area contributed by atoms with Gasteiger partial charge in [0.05, 0.1) is 0 Å². The molecule has 1 aliphatic heterocycles. The first-order valence-corrected chi connectivity index (χ1v) is 5.17. The Morgan fingerprint density at radius 2 is 1.64 bits per heavy atom. The number of hydrogen-bond donors (Lipinski definition) is 0. The highest BCUT2D eigenvalue weighted by Crippen LogP contribution is 2.27. The molecule has 0 N–H and O–H groups in total. The minimum atomic E-state index is 1.08. The number of piperidine rings is 1. The van der Waals surface area contributed by atoms with E-state index in [1.54, 1.807) is 0 Å². The largest absolute Gasteiger partial charge is 0.303 e. The summed E-state index contributed by atoms with van der Waals surface area (Å²) in [5.41, 5.74) is 0. The number of nitrogens with zero attached hydrogens (tertiary/aromatic N) is 1. The van der Waals surface area contributed by atoms with E-state index in [1.165, 1.54) is 58.2 Å². The van der Waals surface area contributed by atoms with Crippen LogP contribution in [0.4, 0.5) is 0 Å². The molecule has 0 radical (unpaired) electrons. The molecular formula is C10H19N. The van der Waals surface area contributed by atoms with E-state index in [-0.39, 0.29) is 0 Å². The fourth-order valence-electron chi connectivity index (χ4n) is 2.18. The van der Waals surface area contributed by atoms with Crippen LogP contribution in [0.2, 0.25) is 0 Å². The molecule has 0 aromatic carbocycles. The Morgan fingerprint density at radius 1 is 0.909 bits per heavy atom. The van der Waals surface area contributed by atoms with Crippen molar-refractivity contribution in [3.05, 3.63) is 0 Å². The van der Waals surface area contributed by atoms with Gasteiger partial charge in [0.15, 0.2) is 0 Å². The second-order valence-corrected chi connectivity index (χ2v) is 4.16. The predicted octanol–water partition coefficient (Wildman–Crippen LogP) is 2.27. The zero-order chi connectivity index (χ0) is 7.52. The summed E-state index contributed by atoms with van der Waals surface area (Å²) in [4.78, 5) is 2.67. The van der Waals surface area contributed by atoms with E-state index in [0.717, 1.165) is 5.92 Å². The molecule has 1 heteroatoms. The summed E-state index contributed by atoms with van der Waals surface area (Å²) in [6.07, 6.45) is 8.89. The molecule has 0 bridgehead atoms. The molecule has 2 rings (SSSR count). The zero-order valence-corrected chi connectivity index (χ0v) is 7.39. The molecule has 0 aromatic rings. The van der Waals surface area contributed by atoms with Crippen LogP contribution in [0, 0.1) is 5.92 Å². The summed E-state index contributed by atoms with van der Waals surface area (Å²) in [7, 11) is 0. The molecule has 0 spiro atoms. The van der Waals surface area contributed by atoms with Crippen LogP contribution >= 0.6 is 0 Å². The standard InChI is InChI=1S/C10H19N/c1-2-7-11(8-3-1)9-10-5-4-6-10/h10H,1-9H2. The molecule has 1 saturated carbocycles. The molecule has 0 atom stereocenters. The fraction of sp³-hybridized carbons (Fsp3) is 1.00. The molecule has 1 heterocycles. The lowest BCUT2D eigenvalue weighted by Gasteiger charge is -2.34. The quantitative estimate of drug-likeness (QED) is 0.588. The predicted molar refractivity (Wildman–Crippen MR) is 47.6 cm³/mol. The third-order valence-corrected chi connectivity index (χ3v) is 3.19. The first kappa shape index (κ1) is 7.60. The highest BCUT2D eigenvalue weighted by molar-refractivity contribution is 4.75. The molecule has 2 aliphatic rings. The first-order chi connectivity index (χ1) is 5.45. The van der Waals surface area contributed by atoms with E-state index in [1.807, 2.05) is 0 Å². The van der Waals surface area contributed by atoms with Crippen molar-refractivity contribution in [2.45, 2.75) is 38.5 Å². The van der Waals surface area contributed by atoms with E-state index in [9.17, 15) is 0 Å². The molecule has 2 fully saturated rings. The second kappa shape index (κ2) is 3.57. The van der Waals surface area contributed by atoms with E-state index in [4.69, 9.17) is 0 Å². The Balaban J connectivity index is 1.67. The van der Waals surface area contributed by atoms with E-state index >= 15 is 0 Å². The summed E-state index contributed by atoms with van der Waals surface area (Å²) >= 11 is 0. The van der Waals surface area contributed by atoms with E-state index < -0.39 is 0 Å². The van der Waals surface area contributed by atoms with Gasteiger partial charge in [-0.05, 0) is 44.7 Å². The van der Waals surface area contributed by atoms with Crippen molar-refractivity contribution >= 4 is 0 Å². The zero-order valence-electron chi connectivity index (χ0n) is 7.39. The number of rotatable bonds is 2. The average Bonchev–Trinajstić information content (AvgIpc) is 1.99. The lowest BCUT2D eigenvalue weighted by atomic mass is 9.85. The van der Waals surface area contributed by atoms with Crippen LogP contribution in [-0.4, -0.2) is 24.5 Å². The molecule has 1 aliphatic carbocycles. The molecule has 0 unspecified atom stereocenters. The van der Waals surface area contributed by atoms with Crippen molar-refractivity contribution in [3.8, 4) is 0 Å². The molecule has 0 amide bonds. The van der Waals surface area contributed by atoms with Crippen molar-refractivity contribution in [2.24, 2.45) is 5.92 Å². The van der Waals surface area contributed by atoms with Crippen LogP contribution in [0.25, 0.3) is 0 Å². The van der Waals surface area contributed by atoms with Crippen LogP contribution in [-0.2, 0) is 0 Å². The average molecular weight is 153 g/mol. The van der Waals surface area contributed by atoms with Crippen molar-refractivity contribution < 1.29 is 0 Å². The van der Waals surface area contributed by atoms with Crippen LogP contribution in [0.3, 0.4) is 0 Å². The third kappa shape index (κ3) is 1.96. The highest BCUT2D eigenvalue weighted by atomic mass is 15.1.